The van der Waals surface area contributed by atoms with Crippen LogP contribution in [0.2, 0.25) is 0 Å². The maximum atomic E-state index is 12.0. The number of aryl methyl sites for hydroxylation is 2. The van der Waals surface area contributed by atoms with E-state index in [2.05, 4.69) is 49.4 Å². The highest BCUT2D eigenvalue weighted by molar-refractivity contribution is 7.09. The number of carbonyl (C=O) groups excluding carboxylic acids is 1. The van der Waals surface area contributed by atoms with Gasteiger partial charge in [-0.2, -0.15) is 8.75 Å². The minimum Gasteiger partial charge on any atom is -0.504 e. The maximum absolute atomic E-state index is 12.0. The zero-order chi connectivity index (χ0) is 26.5. The van der Waals surface area contributed by atoms with Gasteiger partial charge in [0.1, 0.15) is 23.0 Å². The first-order valence-electron chi connectivity index (χ1n) is 10.8. The van der Waals surface area contributed by atoms with Crippen LogP contribution in [0.25, 0.3) is 0 Å². The van der Waals surface area contributed by atoms with Gasteiger partial charge in [-0.25, -0.2) is 9.97 Å². The first-order chi connectivity index (χ1) is 17.7. The summed E-state index contributed by atoms with van der Waals surface area (Å²) in [5, 5.41) is 37.1. The van der Waals surface area contributed by atoms with Crippen LogP contribution in [-0.2, 0) is 0 Å². The molecule has 0 bridgehead atoms. The molecule has 0 radical (unpaired) electrons. The molecular formula is C22H21N11O2S2. The molecule has 0 saturated carbocycles. The number of phenolic OH excluding ortho intramolecular Hbond substituents is 1. The van der Waals surface area contributed by atoms with Gasteiger partial charge in [-0.1, -0.05) is 12.1 Å². The van der Waals surface area contributed by atoms with Crippen LogP contribution >= 0.6 is 23.1 Å². The molecule has 0 aliphatic carbocycles. The molecule has 4 aromatic rings. The Labute approximate surface area is 219 Å². The van der Waals surface area contributed by atoms with E-state index in [1.54, 1.807) is 57.1 Å². The lowest BCUT2D eigenvalue weighted by molar-refractivity contribution is 0.101. The lowest BCUT2D eigenvalue weighted by atomic mass is 10.1. The molecule has 0 aliphatic heterocycles. The zero-order valence-corrected chi connectivity index (χ0v) is 22.1. The van der Waals surface area contributed by atoms with Crippen molar-refractivity contribution in [1.82, 2.24) is 18.7 Å². The fourth-order valence-corrected chi connectivity index (χ4v) is 4.13. The molecule has 2 aromatic carbocycles. The van der Waals surface area contributed by atoms with E-state index in [1.807, 2.05) is 0 Å². The van der Waals surface area contributed by atoms with Gasteiger partial charge in [0.15, 0.2) is 17.2 Å². The fourth-order valence-electron chi connectivity index (χ4n) is 3.12. The Balaban J connectivity index is 1.87. The van der Waals surface area contributed by atoms with E-state index in [-0.39, 0.29) is 22.9 Å². The molecule has 13 nitrogen and oxygen atoms in total. The molecule has 0 atom stereocenters. The summed E-state index contributed by atoms with van der Waals surface area (Å²) < 4.78 is 8.20. The average Bonchev–Trinajstić information content (AvgIpc) is 3.48. The van der Waals surface area contributed by atoms with Crippen molar-refractivity contribution in [3.8, 4) is 5.75 Å². The number of benzene rings is 2. The first-order valence-corrected chi connectivity index (χ1v) is 12.3. The first kappa shape index (κ1) is 25.7. The Kier molecular flexibility index (Phi) is 7.74. The fraction of sp³-hybridized carbons (Fsp3) is 0.227. The number of azo groups is 3. The van der Waals surface area contributed by atoms with Gasteiger partial charge in [-0.05, 0) is 39.0 Å². The summed E-state index contributed by atoms with van der Waals surface area (Å²) in [4.78, 5) is 22.1. The van der Waals surface area contributed by atoms with Gasteiger partial charge in [0.25, 0.3) is 0 Å². The Morgan fingerprint density at radius 1 is 0.838 bits per heavy atom. The van der Waals surface area contributed by atoms with E-state index in [4.69, 9.17) is 0 Å². The second-order valence-electron chi connectivity index (χ2n) is 7.78. The highest BCUT2D eigenvalue weighted by Gasteiger charge is 2.21. The standard InChI is InChI=1S/C22H21N11O2S2/c1-11(34)14-8-6-7-9-15(14)25-27-17-10-16(26-29-21-23-12(2)31-36-21)19(33(4)5)18(20(17)35)28-30-22-24-13(3)32-37-22/h6-10,35H,1-5H3/b27-25+,29-26+,30-28+. The molecule has 1 N–H and O–H groups in total. The van der Waals surface area contributed by atoms with Gasteiger partial charge in [0.2, 0.25) is 10.3 Å². The molecular weight excluding hydrogens is 514 g/mol. The number of carbonyl (C=O) groups is 1. The summed E-state index contributed by atoms with van der Waals surface area (Å²) in [5.41, 5.74) is 1.63. The number of ketones is 1. The minimum atomic E-state index is -0.288. The molecule has 188 valence electrons. The van der Waals surface area contributed by atoms with Gasteiger partial charge >= 0.3 is 0 Å². The van der Waals surface area contributed by atoms with Gasteiger partial charge in [-0.3, -0.25) is 4.79 Å². The number of aromatic nitrogens is 4. The minimum absolute atomic E-state index is 0.0498. The van der Waals surface area contributed by atoms with Crippen molar-refractivity contribution in [2.24, 2.45) is 30.7 Å². The second-order valence-corrected chi connectivity index (χ2v) is 9.24. The Morgan fingerprint density at radius 3 is 1.97 bits per heavy atom. The summed E-state index contributed by atoms with van der Waals surface area (Å²) in [5.74, 6) is 0.691. The molecule has 0 unspecified atom stereocenters. The topological polar surface area (TPSA) is 166 Å². The quantitative estimate of drug-likeness (QED) is 0.183. The normalized spacial score (nSPS) is 11.8. The lowest BCUT2D eigenvalue weighted by Gasteiger charge is -2.18. The number of hydrogen-bond acceptors (Lipinski definition) is 15. The average molecular weight is 536 g/mol. The third kappa shape index (κ3) is 6.07. The SMILES string of the molecule is CC(=O)c1ccccc1/N=N/c1cc(/N=N/c2nc(C)ns2)c(N(C)C)c(/N=N/c2nc(C)ns2)c1O. The Bertz CT molecular complexity index is 1540. The molecule has 0 saturated heterocycles. The van der Waals surface area contributed by atoms with Crippen LogP contribution in [0, 0.1) is 13.8 Å². The largest absolute Gasteiger partial charge is 0.504 e. The highest BCUT2D eigenvalue weighted by Crippen LogP contribution is 2.50. The lowest BCUT2D eigenvalue weighted by Crippen LogP contribution is -2.09. The van der Waals surface area contributed by atoms with Crippen LogP contribution in [0.4, 0.5) is 38.7 Å². The number of hydrogen-bond donors (Lipinski definition) is 1. The number of Topliss-reactive ketones (excluding diaryl/α,β-unsaturated/α-hetero) is 1. The van der Waals surface area contributed by atoms with Crippen LogP contribution in [-0.4, -0.2) is 43.7 Å². The maximum Gasteiger partial charge on any atom is 0.249 e. The van der Waals surface area contributed by atoms with Crippen LogP contribution in [0.15, 0.2) is 61.0 Å². The van der Waals surface area contributed by atoms with E-state index >= 15 is 0 Å². The van der Waals surface area contributed by atoms with E-state index in [9.17, 15) is 9.90 Å². The summed E-state index contributed by atoms with van der Waals surface area (Å²) in [6.45, 7) is 4.94. The molecule has 2 aromatic heterocycles. The van der Waals surface area contributed by atoms with Gasteiger partial charge in [0, 0.05) is 42.7 Å². The van der Waals surface area contributed by atoms with Crippen molar-refractivity contribution in [3.63, 3.8) is 0 Å². The Hall–Kier alpha value is -4.37. The van der Waals surface area contributed by atoms with E-state index in [0.717, 1.165) is 23.1 Å². The summed E-state index contributed by atoms with van der Waals surface area (Å²) in [7, 11) is 3.53. The smallest absolute Gasteiger partial charge is 0.249 e. The molecule has 2 heterocycles. The monoisotopic (exact) mass is 535 g/mol. The number of anilines is 1. The summed E-state index contributed by atoms with van der Waals surface area (Å²) in [6.07, 6.45) is 0. The third-order valence-electron chi connectivity index (χ3n) is 4.72. The summed E-state index contributed by atoms with van der Waals surface area (Å²) in [6, 6.07) is 8.29. The van der Waals surface area contributed by atoms with Gasteiger partial charge in [-0.15, -0.1) is 30.7 Å². The molecule has 0 spiro atoms. The van der Waals surface area contributed by atoms with Gasteiger partial charge < -0.3 is 10.0 Å². The molecule has 4 rings (SSSR count). The predicted octanol–water partition coefficient (Wildman–Crippen LogP) is 7.23. The summed E-state index contributed by atoms with van der Waals surface area (Å²) >= 11 is 2.17. The molecule has 37 heavy (non-hydrogen) atoms. The van der Waals surface area contributed by atoms with Crippen molar-refractivity contribution in [2.45, 2.75) is 20.8 Å². The van der Waals surface area contributed by atoms with E-state index in [1.165, 1.54) is 13.0 Å². The van der Waals surface area contributed by atoms with Gasteiger partial charge in [0.05, 0.1) is 11.4 Å². The van der Waals surface area contributed by atoms with Crippen LogP contribution < -0.4 is 4.90 Å². The second kappa shape index (κ2) is 11.1. The zero-order valence-electron chi connectivity index (χ0n) is 20.5. The molecule has 0 amide bonds. The molecule has 0 fully saturated rings. The van der Waals surface area contributed by atoms with Crippen molar-refractivity contribution >= 4 is 67.5 Å². The van der Waals surface area contributed by atoms with Crippen LogP contribution in [0.1, 0.15) is 28.9 Å². The molecule has 15 heteroatoms. The predicted molar refractivity (Wildman–Crippen MR) is 141 cm³/mol. The van der Waals surface area contributed by atoms with Crippen molar-refractivity contribution < 1.29 is 9.90 Å². The number of rotatable bonds is 8. The number of nitrogens with zero attached hydrogens (tertiary/aromatic N) is 11. The van der Waals surface area contributed by atoms with Crippen LogP contribution in [0.5, 0.6) is 5.75 Å². The molecule has 0 aliphatic rings. The third-order valence-corrected chi connectivity index (χ3v) is 6.10. The van der Waals surface area contributed by atoms with Crippen molar-refractivity contribution in [3.05, 3.63) is 47.5 Å². The van der Waals surface area contributed by atoms with Crippen molar-refractivity contribution in [2.75, 3.05) is 19.0 Å². The number of phenols is 1. The Morgan fingerprint density at radius 2 is 1.41 bits per heavy atom. The van der Waals surface area contributed by atoms with Crippen molar-refractivity contribution in [1.29, 1.82) is 0 Å². The van der Waals surface area contributed by atoms with Crippen LogP contribution in [0.3, 0.4) is 0 Å². The van der Waals surface area contributed by atoms with E-state index in [0.29, 0.717) is 44.5 Å². The highest BCUT2D eigenvalue weighted by atomic mass is 32.1. The van der Waals surface area contributed by atoms with E-state index < -0.39 is 0 Å². The number of aromatic hydroxyl groups is 1.